The molecule has 0 spiro atoms. The fourth-order valence-electron chi connectivity index (χ4n) is 1.59. The predicted molar refractivity (Wildman–Crippen MR) is 110 cm³/mol. The minimum absolute atomic E-state index is 0. The van der Waals surface area contributed by atoms with E-state index in [4.69, 9.17) is 4.98 Å². The molecule has 0 aliphatic rings. The van der Waals surface area contributed by atoms with Crippen LogP contribution in [-0.2, 0) is 16.8 Å². The monoisotopic (exact) mass is 404 g/mol. The first-order chi connectivity index (χ1) is 9.37. The van der Waals surface area contributed by atoms with Crippen molar-refractivity contribution >= 4 is 16.5 Å². The summed E-state index contributed by atoms with van der Waals surface area (Å²) < 4.78 is 0. The Hall–Kier alpha value is 0.820. The Kier molecular flexibility index (Phi) is 13.4. The van der Waals surface area contributed by atoms with E-state index in [1.54, 1.807) is 0 Å². The van der Waals surface area contributed by atoms with Gasteiger partial charge in [-0.2, -0.15) is 0 Å². The second kappa shape index (κ2) is 10.7. The van der Waals surface area contributed by atoms with Crippen molar-refractivity contribution in [2.24, 2.45) is 0 Å². The van der Waals surface area contributed by atoms with Crippen molar-refractivity contribution in [2.75, 3.05) is 27.2 Å². The van der Waals surface area contributed by atoms with Gasteiger partial charge in [-0.15, -0.1) is 12.1 Å². The van der Waals surface area contributed by atoms with Crippen LogP contribution in [0.1, 0.15) is 41.5 Å². The molecule has 0 aromatic carbocycles. The third-order valence-electron chi connectivity index (χ3n) is 3.58. The van der Waals surface area contributed by atoms with Crippen molar-refractivity contribution < 1.29 is 16.8 Å². The zero-order valence-electron chi connectivity index (χ0n) is 18.1. The molecule has 0 amide bonds. The summed E-state index contributed by atoms with van der Waals surface area (Å²) >= 11 is 0. The fourth-order valence-corrected chi connectivity index (χ4v) is 4.37. The third kappa shape index (κ3) is 19.0. The van der Waals surface area contributed by atoms with Crippen molar-refractivity contribution in [3.8, 4) is 0 Å². The quantitative estimate of drug-likeness (QED) is 0.523. The van der Waals surface area contributed by atoms with Crippen molar-refractivity contribution in [1.29, 1.82) is 0 Å². The standard InChI is InChI=1S/C10H24NSi.C7H19N2Si.Co/c1-9(2,3)11-12(7,8)10(4,5)6;1-9(2)7-6-8-10(3,4)5;/h1-8H3;6-7H2,1-5H3;/q2*-1;+3. The Bertz CT molecular complexity index is 300. The molecule has 0 aromatic heterocycles. The maximum absolute atomic E-state index is 4.95. The molecule has 3 nitrogen and oxygen atoms in total. The SMILES string of the molecule is CC(C)(C)[N-][Si](C)(C)C(C)(C)C.CN(C)CC[N-][Si](C)(C)C.[Co+3]. The van der Waals surface area contributed by atoms with Crippen LogP contribution in [-0.4, -0.2) is 54.1 Å². The van der Waals surface area contributed by atoms with Crippen LogP contribution in [0.15, 0.2) is 0 Å². The van der Waals surface area contributed by atoms with Crippen LogP contribution in [0.5, 0.6) is 0 Å². The van der Waals surface area contributed by atoms with E-state index in [0.717, 1.165) is 13.1 Å². The normalized spacial score (nSPS) is 13.3. The van der Waals surface area contributed by atoms with Crippen molar-refractivity contribution in [3.63, 3.8) is 0 Å². The largest absolute Gasteiger partial charge is 3.00 e. The van der Waals surface area contributed by atoms with Gasteiger partial charge < -0.3 is 14.9 Å². The van der Waals surface area contributed by atoms with Gasteiger partial charge in [0, 0.05) is 0 Å². The molecule has 0 saturated carbocycles. The molecule has 0 aromatic rings. The van der Waals surface area contributed by atoms with Crippen LogP contribution < -0.4 is 0 Å². The molecule has 6 heteroatoms. The van der Waals surface area contributed by atoms with E-state index in [1.165, 1.54) is 0 Å². The molecular weight excluding hydrogens is 361 g/mol. The van der Waals surface area contributed by atoms with Gasteiger partial charge in [0.25, 0.3) is 0 Å². The van der Waals surface area contributed by atoms with Crippen LogP contribution in [0, 0.1) is 0 Å². The number of rotatable bonds is 5. The maximum Gasteiger partial charge on any atom is 3.00 e. The van der Waals surface area contributed by atoms with Gasteiger partial charge >= 0.3 is 16.8 Å². The number of likely N-dealkylation sites (N-methyl/N-ethyl adjacent to an activating group) is 1. The molecule has 23 heavy (non-hydrogen) atoms. The number of nitrogens with zero attached hydrogens (tertiary/aromatic N) is 3. The van der Waals surface area contributed by atoms with Crippen LogP contribution in [0.4, 0.5) is 0 Å². The molecule has 0 bridgehead atoms. The van der Waals surface area contributed by atoms with E-state index in [1.807, 2.05) is 0 Å². The number of hydrogen-bond donors (Lipinski definition) is 0. The van der Waals surface area contributed by atoms with Crippen molar-refractivity contribution in [3.05, 3.63) is 9.96 Å². The molecule has 0 radical (unpaired) electrons. The second-order valence-electron chi connectivity index (χ2n) is 9.95. The van der Waals surface area contributed by atoms with Gasteiger partial charge in [-0.05, 0) is 20.6 Å². The first-order valence-corrected chi connectivity index (χ1v) is 14.8. The Morgan fingerprint density at radius 2 is 1.22 bits per heavy atom. The molecule has 0 aliphatic heterocycles. The van der Waals surface area contributed by atoms with E-state index >= 15 is 0 Å². The Morgan fingerprint density at radius 3 is 1.39 bits per heavy atom. The molecular formula is C17H43CoN3Si2+. The van der Waals surface area contributed by atoms with Gasteiger partial charge in [-0.3, -0.25) is 0 Å². The van der Waals surface area contributed by atoms with Gasteiger partial charge in [-0.25, -0.2) is 0 Å². The van der Waals surface area contributed by atoms with Crippen LogP contribution in [0.25, 0.3) is 9.96 Å². The van der Waals surface area contributed by atoms with Gasteiger partial charge in [0.05, 0.1) is 0 Å². The van der Waals surface area contributed by atoms with Crippen LogP contribution in [0.2, 0.25) is 37.8 Å². The fraction of sp³-hybridized carbons (Fsp3) is 1.00. The molecule has 0 heterocycles. The summed E-state index contributed by atoms with van der Waals surface area (Å²) in [6, 6.07) is 0. The summed E-state index contributed by atoms with van der Waals surface area (Å²) in [7, 11) is 1.63. The molecule has 0 N–H and O–H groups in total. The van der Waals surface area contributed by atoms with Crippen LogP contribution >= 0.6 is 0 Å². The summed E-state index contributed by atoms with van der Waals surface area (Å²) in [6.45, 7) is 27.0. The summed E-state index contributed by atoms with van der Waals surface area (Å²) in [6.07, 6.45) is 0. The summed E-state index contributed by atoms with van der Waals surface area (Å²) in [4.78, 5) is 11.7. The average Bonchev–Trinajstić information content (AvgIpc) is 2.08. The Balaban J connectivity index is -0.000000338. The molecule has 0 aliphatic carbocycles. The zero-order chi connectivity index (χ0) is 18.4. The van der Waals surface area contributed by atoms with E-state index in [2.05, 4.69) is 98.3 Å². The molecule has 0 saturated heterocycles. The van der Waals surface area contributed by atoms with Gasteiger partial charge in [0.1, 0.15) is 0 Å². The van der Waals surface area contributed by atoms with E-state index in [0.29, 0.717) is 5.04 Å². The second-order valence-corrected chi connectivity index (χ2v) is 19.4. The van der Waals surface area contributed by atoms with Gasteiger partial charge in [-0.1, -0.05) is 95.8 Å². The third-order valence-corrected chi connectivity index (χ3v) is 9.66. The van der Waals surface area contributed by atoms with Crippen LogP contribution in [0.3, 0.4) is 0 Å². The predicted octanol–water partition coefficient (Wildman–Crippen LogP) is 5.92. The molecule has 142 valence electrons. The summed E-state index contributed by atoms with van der Waals surface area (Å²) in [5, 5.41) is 0.375. The minimum Gasteiger partial charge on any atom is -0.664 e. The molecule has 0 unspecified atom stereocenters. The van der Waals surface area contributed by atoms with E-state index in [9.17, 15) is 0 Å². The minimum atomic E-state index is -1.42. The topological polar surface area (TPSA) is 31.4 Å². The smallest absolute Gasteiger partial charge is 0.664 e. The summed E-state index contributed by atoms with van der Waals surface area (Å²) in [5.74, 6) is 0. The molecule has 0 atom stereocenters. The maximum atomic E-state index is 4.95. The van der Waals surface area contributed by atoms with Gasteiger partial charge in [0.15, 0.2) is 0 Å². The first kappa shape index (κ1) is 28.6. The van der Waals surface area contributed by atoms with Crippen molar-refractivity contribution in [1.82, 2.24) is 4.90 Å². The summed E-state index contributed by atoms with van der Waals surface area (Å²) in [5.41, 5.74) is 0.128. The van der Waals surface area contributed by atoms with E-state index < -0.39 is 16.5 Å². The number of hydrogen-bond acceptors (Lipinski definition) is 1. The Labute approximate surface area is 160 Å². The van der Waals surface area contributed by atoms with Crippen molar-refractivity contribution in [2.45, 2.75) is 84.9 Å². The zero-order valence-corrected chi connectivity index (χ0v) is 21.1. The first-order valence-electron chi connectivity index (χ1n) is 8.45. The molecule has 0 rings (SSSR count). The average molecular weight is 405 g/mol. The molecule has 0 fully saturated rings. The Morgan fingerprint density at radius 1 is 0.826 bits per heavy atom. The van der Waals surface area contributed by atoms with E-state index in [-0.39, 0.29) is 22.3 Å². The van der Waals surface area contributed by atoms with Gasteiger partial charge in [0.2, 0.25) is 0 Å².